The van der Waals surface area contributed by atoms with Crippen molar-refractivity contribution in [2.24, 2.45) is 5.73 Å². The molecule has 0 spiro atoms. The van der Waals surface area contributed by atoms with Crippen LogP contribution in [0.15, 0.2) is 0 Å². The average Bonchev–Trinajstić information content (AvgIpc) is 2.19. The summed E-state index contributed by atoms with van der Waals surface area (Å²) in [6, 6.07) is 0. The Morgan fingerprint density at radius 3 is 2.73 bits per heavy atom. The van der Waals surface area contributed by atoms with Crippen LogP contribution < -0.4 is 5.73 Å². The van der Waals surface area contributed by atoms with Crippen LogP contribution in [0.1, 0.15) is 6.42 Å². The lowest BCUT2D eigenvalue weighted by molar-refractivity contribution is -0.251. The number of aliphatic hydroxyl groups excluding tert-OH is 2. The van der Waals surface area contributed by atoms with Gasteiger partial charge in [0.1, 0.15) is 6.10 Å². The van der Waals surface area contributed by atoms with E-state index in [0.29, 0.717) is 0 Å². The lowest BCUT2D eigenvalue weighted by atomic mass is 10.0. The van der Waals surface area contributed by atoms with E-state index >= 15 is 0 Å². The fourth-order valence-electron chi connectivity index (χ4n) is 1.35. The highest BCUT2D eigenvalue weighted by molar-refractivity contribution is 5.73. The van der Waals surface area contributed by atoms with Crippen molar-refractivity contribution < 1.29 is 29.6 Å². The van der Waals surface area contributed by atoms with Gasteiger partial charge in [-0.3, -0.25) is 0 Å². The predicted molar refractivity (Wildman–Crippen MR) is 47.9 cm³/mol. The molecule has 0 amide bonds. The normalized spacial score (nSPS) is 36.5. The largest absolute Gasteiger partial charge is 0.479 e. The van der Waals surface area contributed by atoms with Crippen molar-refractivity contribution in [3.8, 4) is 0 Å². The van der Waals surface area contributed by atoms with E-state index in [4.69, 9.17) is 20.3 Å². The molecule has 5 N–H and O–H groups in total. The fourth-order valence-corrected chi connectivity index (χ4v) is 1.35. The molecule has 4 atom stereocenters. The summed E-state index contributed by atoms with van der Waals surface area (Å²) >= 11 is 0. The summed E-state index contributed by atoms with van der Waals surface area (Å²) < 4.78 is 9.99. The fraction of sp³-hybridized carbons (Fsp3) is 0.875. The smallest absolute Gasteiger partial charge is 0.335 e. The second-order valence-corrected chi connectivity index (χ2v) is 3.28. The van der Waals surface area contributed by atoms with Crippen molar-refractivity contribution in [2.75, 3.05) is 13.2 Å². The van der Waals surface area contributed by atoms with Gasteiger partial charge >= 0.3 is 5.97 Å². The molecule has 4 unspecified atom stereocenters. The standard InChI is InChI=1S/C8H15NO6/c9-1-2-14-5-3-4(10)6(11)7(15-5)8(12)13/h4-7,10-11H,1-3,9H2,(H,12,13). The lowest BCUT2D eigenvalue weighted by Gasteiger charge is -2.34. The van der Waals surface area contributed by atoms with Gasteiger partial charge in [-0.25, -0.2) is 4.79 Å². The minimum atomic E-state index is -1.46. The van der Waals surface area contributed by atoms with Gasteiger partial charge < -0.3 is 30.5 Å². The van der Waals surface area contributed by atoms with E-state index in [0.717, 1.165) is 0 Å². The molecule has 0 aliphatic carbocycles. The summed E-state index contributed by atoms with van der Waals surface area (Å²) in [6.07, 6.45) is -4.86. The zero-order valence-electron chi connectivity index (χ0n) is 8.07. The highest BCUT2D eigenvalue weighted by Crippen LogP contribution is 2.21. The number of hydrogen-bond acceptors (Lipinski definition) is 6. The summed E-state index contributed by atoms with van der Waals surface area (Å²) in [5.41, 5.74) is 5.19. The SMILES string of the molecule is NCCOC1CC(O)C(O)C(C(=O)O)O1. The number of carbonyl (C=O) groups is 1. The first-order valence-corrected chi connectivity index (χ1v) is 4.62. The van der Waals surface area contributed by atoms with E-state index in [2.05, 4.69) is 0 Å². The molecule has 1 fully saturated rings. The molecule has 0 aromatic carbocycles. The highest BCUT2D eigenvalue weighted by atomic mass is 16.7. The van der Waals surface area contributed by atoms with Crippen molar-refractivity contribution in [1.82, 2.24) is 0 Å². The Hall–Kier alpha value is -0.730. The quantitative estimate of drug-likeness (QED) is 0.428. The minimum Gasteiger partial charge on any atom is -0.479 e. The molecule has 0 aromatic heterocycles. The van der Waals surface area contributed by atoms with Gasteiger partial charge in [0.2, 0.25) is 0 Å². The van der Waals surface area contributed by atoms with E-state index in [1.165, 1.54) is 0 Å². The maximum atomic E-state index is 10.7. The van der Waals surface area contributed by atoms with Gasteiger partial charge in [-0.05, 0) is 0 Å². The second-order valence-electron chi connectivity index (χ2n) is 3.28. The number of ether oxygens (including phenoxy) is 2. The third-order valence-corrected chi connectivity index (χ3v) is 2.10. The Kier molecular flexibility index (Phi) is 4.43. The first-order chi connectivity index (χ1) is 7.06. The number of aliphatic hydroxyl groups is 2. The van der Waals surface area contributed by atoms with Gasteiger partial charge in [0.15, 0.2) is 12.4 Å². The van der Waals surface area contributed by atoms with Crippen molar-refractivity contribution in [3.63, 3.8) is 0 Å². The van der Waals surface area contributed by atoms with E-state index in [-0.39, 0.29) is 19.6 Å². The van der Waals surface area contributed by atoms with Gasteiger partial charge in [0.25, 0.3) is 0 Å². The maximum Gasteiger partial charge on any atom is 0.335 e. The molecular weight excluding hydrogens is 206 g/mol. The zero-order chi connectivity index (χ0) is 11.4. The molecule has 0 radical (unpaired) electrons. The minimum absolute atomic E-state index is 0.0327. The summed E-state index contributed by atoms with van der Waals surface area (Å²) in [5.74, 6) is -1.33. The molecule has 0 bridgehead atoms. The first-order valence-electron chi connectivity index (χ1n) is 4.62. The molecule has 1 aliphatic rings. The zero-order valence-corrected chi connectivity index (χ0v) is 8.07. The van der Waals surface area contributed by atoms with Crippen molar-refractivity contribution >= 4 is 5.97 Å². The summed E-state index contributed by atoms with van der Waals surface area (Å²) in [5, 5.41) is 27.4. The van der Waals surface area contributed by atoms with Crippen LogP contribution in [0.4, 0.5) is 0 Å². The molecule has 7 heteroatoms. The number of hydrogen-bond donors (Lipinski definition) is 4. The van der Waals surface area contributed by atoms with Gasteiger partial charge in [0.05, 0.1) is 12.7 Å². The van der Waals surface area contributed by atoms with E-state index in [1.807, 2.05) is 0 Å². The molecule has 0 saturated carbocycles. The average molecular weight is 221 g/mol. The highest BCUT2D eigenvalue weighted by Gasteiger charge is 2.41. The Bertz CT molecular complexity index is 223. The predicted octanol–water partition coefficient (Wildman–Crippen LogP) is -2.12. The van der Waals surface area contributed by atoms with E-state index < -0.39 is 30.6 Å². The van der Waals surface area contributed by atoms with Gasteiger partial charge in [-0.1, -0.05) is 0 Å². The number of aliphatic carboxylic acids is 1. The number of nitrogens with two attached hydrogens (primary N) is 1. The monoisotopic (exact) mass is 221 g/mol. The number of carboxylic acid groups (broad SMARTS) is 1. The molecule has 1 rings (SSSR count). The van der Waals surface area contributed by atoms with E-state index in [1.54, 1.807) is 0 Å². The summed E-state index contributed by atoms with van der Waals surface area (Å²) in [6.45, 7) is 0.482. The molecule has 1 heterocycles. The van der Waals surface area contributed by atoms with Crippen molar-refractivity contribution in [3.05, 3.63) is 0 Å². The Morgan fingerprint density at radius 2 is 2.20 bits per heavy atom. The third-order valence-electron chi connectivity index (χ3n) is 2.10. The van der Waals surface area contributed by atoms with Crippen LogP contribution in [0.25, 0.3) is 0 Å². The molecule has 15 heavy (non-hydrogen) atoms. The third kappa shape index (κ3) is 3.11. The van der Waals surface area contributed by atoms with E-state index in [9.17, 15) is 15.0 Å². The van der Waals surface area contributed by atoms with Crippen LogP contribution in [0.2, 0.25) is 0 Å². The second kappa shape index (κ2) is 5.38. The Morgan fingerprint density at radius 1 is 1.53 bits per heavy atom. The van der Waals surface area contributed by atoms with Crippen LogP contribution in [-0.4, -0.2) is 59.0 Å². The Balaban J connectivity index is 2.54. The lowest BCUT2D eigenvalue weighted by Crippen LogP contribution is -2.52. The maximum absolute atomic E-state index is 10.7. The number of carboxylic acids is 1. The van der Waals surface area contributed by atoms with Gasteiger partial charge in [0, 0.05) is 13.0 Å². The van der Waals surface area contributed by atoms with Crippen molar-refractivity contribution in [1.29, 1.82) is 0 Å². The van der Waals surface area contributed by atoms with Crippen molar-refractivity contribution in [2.45, 2.75) is 31.0 Å². The van der Waals surface area contributed by atoms with Crippen LogP contribution in [-0.2, 0) is 14.3 Å². The number of rotatable bonds is 4. The summed E-state index contributed by atoms with van der Waals surface area (Å²) in [7, 11) is 0. The molecule has 1 aliphatic heterocycles. The molecule has 1 saturated heterocycles. The summed E-state index contributed by atoms with van der Waals surface area (Å²) in [4.78, 5) is 10.7. The first kappa shape index (κ1) is 12.3. The molecular formula is C8H15NO6. The van der Waals surface area contributed by atoms with Crippen LogP contribution in [0, 0.1) is 0 Å². The molecule has 0 aromatic rings. The Labute approximate surface area is 86.4 Å². The van der Waals surface area contributed by atoms with Crippen LogP contribution in [0.3, 0.4) is 0 Å². The molecule has 7 nitrogen and oxygen atoms in total. The molecule has 88 valence electrons. The van der Waals surface area contributed by atoms with Crippen LogP contribution >= 0.6 is 0 Å². The topological polar surface area (TPSA) is 122 Å². The van der Waals surface area contributed by atoms with Gasteiger partial charge in [-0.15, -0.1) is 0 Å². The van der Waals surface area contributed by atoms with Gasteiger partial charge in [-0.2, -0.15) is 0 Å². The van der Waals surface area contributed by atoms with Crippen LogP contribution in [0.5, 0.6) is 0 Å².